The van der Waals surface area contributed by atoms with Crippen LogP contribution in [-0.2, 0) is 11.4 Å². The van der Waals surface area contributed by atoms with Crippen LogP contribution < -0.4 is 10.1 Å². The molecular weight excluding hydrogens is 390 g/mol. The summed E-state index contributed by atoms with van der Waals surface area (Å²) in [6.07, 6.45) is 1.73. The predicted octanol–water partition coefficient (Wildman–Crippen LogP) is 5.00. The van der Waals surface area contributed by atoms with Gasteiger partial charge in [-0.1, -0.05) is 36.0 Å². The number of hydrogen-bond donors (Lipinski definition) is 1. The number of carbonyl (C=O) groups is 1. The number of anilines is 1. The van der Waals surface area contributed by atoms with Crippen LogP contribution >= 0.6 is 23.1 Å². The summed E-state index contributed by atoms with van der Waals surface area (Å²) >= 11 is 3.04. The van der Waals surface area contributed by atoms with Gasteiger partial charge in [-0.25, -0.2) is 4.98 Å². The van der Waals surface area contributed by atoms with E-state index in [1.54, 1.807) is 17.5 Å². The molecule has 5 nitrogen and oxygen atoms in total. The van der Waals surface area contributed by atoms with Gasteiger partial charge >= 0.3 is 0 Å². The van der Waals surface area contributed by atoms with Gasteiger partial charge in [0.2, 0.25) is 5.91 Å². The van der Waals surface area contributed by atoms with Gasteiger partial charge < -0.3 is 10.1 Å². The number of aromatic nitrogens is 2. The van der Waals surface area contributed by atoms with Crippen molar-refractivity contribution in [3.8, 4) is 5.75 Å². The van der Waals surface area contributed by atoms with E-state index >= 15 is 0 Å². The Bertz CT molecular complexity index is 1050. The highest BCUT2D eigenvalue weighted by Gasteiger charge is 2.08. The molecule has 2 aromatic heterocycles. The molecule has 140 valence electrons. The van der Waals surface area contributed by atoms with Gasteiger partial charge in [-0.3, -0.25) is 9.78 Å². The summed E-state index contributed by atoms with van der Waals surface area (Å²) in [4.78, 5) is 21.1. The van der Waals surface area contributed by atoms with Crippen molar-refractivity contribution in [3.05, 3.63) is 78.6 Å². The van der Waals surface area contributed by atoms with E-state index in [9.17, 15) is 4.79 Å². The molecule has 7 heteroatoms. The third-order valence-electron chi connectivity index (χ3n) is 3.83. The van der Waals surface area contributed by atoms with Crippen molar-refractivity contribution in [2.75, 3.05) is 11.1 Å². The number of thioether (sulfide) groups is 1. The Morgan fingerprint density at radius 3 is 2.82 bits per heavy atom. The van der Waals surface area contributed by atoms with Gasteiger partial charge in [0.05, 0.1) is 21.7 Å². The van der Waals surface area contributed by atoms with E-state index < -0.39 is 0 Å². The normalized spacial score (nSPS) is 10.7. The zero-order valence-corrected chi connectivity index (χ0v) is 16.5. The minimum atomic E-state index is -0.0777. The number of para-hydroxylation sites is 1. The lowest BCUT2D eigenvalue weighted by molar-refractivity contribution is -0.113. The summed E-state index contributed by atoms with van der Waals surface area (Å²) in [7, 11) is 0. The van der Waals surface area contributed by atoms with E-state index in [2.05, 4.69) is 15.3 Å². The van der Waals surface area contributed by atoms with Gasteiger partial charge in [-0.15, -0.1) is 11.3 Å². The van der Waals surface area contributed by atoms with E-state index in [1.807, 2.05) is 66.7 Å². The number of nitrogens with one attached hydrogen (secondary N) is 1. The lowest BCUT2D eigenvalue weighted by Crippen LogP contribution is -2.14. The molecule has 0 saturated carbocycles. The van der Waals surface area contributed by atoms with Gasteiger partial charge in [0.15, 0.2) is 4.34 Å². The number of hydrogen-bond acceptors (Lipinski definition) is 6. The van der Waals surface area contributed by atoms with Crippen LogP contribution in [0, 0.1) is 0 Å². The number of pyridine rings is 1. The van der Waals surface area contributed by atoms with Crippen LogP contribution in [0.4, 0.5) is 5.69 Å². The fraction of sp³-hybridized carbons (Fsp3) is 0.0952. The monoisotopic (exact) mass is 407 g/mol. The van der Waals surface area contributed by atoms with Crippen molar-refractivity contribution in [2.45, 2.75) is 10.9 Å². The second kappa shape index (κ2) is 8.86. The first-order chi connectivity index (χ1) is 13.8. The summed E-state index contributed by atoms with van der Waals surface area (Å²) in [6, 6.07) is 21.0. The molecule has 0 aliphatic heterocycles. The first-order valence-electron chi connectivity index (χ1n) is 8.67. The number of thiazole rings is 1. The molecule has 4 rings (SSSR count). The topological polar surface area (TPSA) is 64.1 Å². The van der Waals surface area contributed by atoms with Crippen molar-refractivity contribution in [1.82, 2.24) is 9.97 Å². The smallest absolute Gasteiger partial charge is 0.234 e. The molecule has 0 bridgehead atoms. The molecule has 0 saturated heterocycles. The van der Waals surface area contributed by atoms with E-state index in [0.717, 1.165) is 20.3 Å². The Hall–Kier alpha value is -2.90. The van der Waals surface area contributed by atoms with Gasteiger partial charge in [0, 0.05) is 18.0 Å². The minimum Gasteiger partial charge on any atom is -0.487 e. The van der Waals surface area contributed by atoms with Gasteiger partial charge in [0.1, 0.15) is 12.4 Å². The first kappa shape index (κ1) is 18.5. The highest BCUT2D eigenvalue weighted by atomic mass is 32.2. The Kier molecular flexibility index (Phi) is 5.84. The van der Waals surface area contributed by atoms with Crippen molar-refractivity contribution < 1.29 is 9.53 Å². The summed E-state index contributed by atoms with van der Waals surface area (Å²) in [5, 5.41) is 2.91. The Morgan fingerprint density at radius 2 is 1.96 bits per heavy atom. The molecule has 4 aromatic rings. The Balaban J connectivity index is 1.31. The first-order valence-corrected chi connectivity index (χ1v) is 10.5. The standard InChI is InChI=1S/C21H17N3O2S2/c25-20(14-27-21-24-18-9-1-2-10-19(18)28-21)23-15-7-5-8-17(12-15)26-13-16-6-3-4-11-22-16/h1-12H,13-14H2,(H,23,25). The van der Waals surface area contributed by atoms with E-state index in [1.165, 1.54) is 11.8 Å². The van der Waals surface area contributed by atoms with Crippen molar-refractivity contribution >= 4 is 44.9 Å². The number of benzene rings is 2. The second-order valence-corrected chi connectivity index (χ2v) is 8.18. The molecule has 2 aromatic carbocycles. The molecule has 0 aliphatic carbocycles. The zero-order valence-electron chi connectivity index (χ0n) is 14.9. The molecule has 1 amide bonds. The number of carbonyl (C=O) groups excluding carboxylic acids is 1. The van der Waals surface area contributed by atoms with Gasteiger partial charge in [-0.2, -0.15) is 0 Å². The summed E-state index contributed by atoms with van der Waals surface area (Å²) < 4.78 is 7.77. The van der Waals surface area contributed by atoms with Crippen LogP contribution in [0.15, 0.2) is 77.3 Å². The molecule has 0 fully saturated rings. The average molecular weight is 408 g/mol. The second-order valence-electron chi connectivity index (χ2n) is 5.92. The van der Waals surface area contributed by atoms with E-state index in [4.69, 9.17) is 4.74 Å². The Labute approximate surface area is 170 Å². The maximum Gasteiger partial charge on any atom is 0.234 e. The molecule has 28 heavy (non-hydrogen) atoms. The Morgan fingerprint density at radius 1 is 1.07 bits per heavy atom. The fourth-order valence-electron chi connectivity index (χ4n) is 2.54. The molecule has 0 unspecified atom stereocenters. The van der Waals surface area contributed by atoms with Crippen LogP contribution in [0.2, 0.25) is 0 Å². The summed E-state index contributed by atoms with van der Waals surface area (Å²) in [5.74, 6) is 0.909. The molecule has 1 N–H and O–H groups in total. The minimum absolute atomic E-state index is 0.0777. The number of fused-ring (bicyclic) bond motifs is 1. The summed E-state index contributed by atoms with van der Waals surface area (Å²) in [6.45, 7) is 0.381. The molecular formula is C21H17N3O2S2. The number of ether oxygens (including phenoxy) is 1. The highest BCUT2D eigenvalue weighted by Crippen LogP contribution is 2.29. The number of rotatable bonds is 7. The fourth-order valence-corrected chi connectivity index (χ4v) is 4.41. The SMILES string of the molecule is O=C(CSc1nc2ccccc2s1)Nc1cccc(OCc2ccccn2)c1. The quantitative estimate of drug-likeness (QED) is 0.437. The largest absolute Gasteiger partial charge is 0.487 e. The van der Waals surface area contributed by atoms with Crippen molar-refractivity contribution in [1.29, 1.82) is 0 Å². The number of amides is 1. The zero-order chi connectivity index (χ0) is 19.2. The lowest BCUT2D eigenvalue weighted by atomic mass is 10.3. The van der Waals surface area contributed by atoms with Crippen LogP contribution in [0.1, 0.15) is 5.69 Å². The van der Waals surface area contributed by atoms with Crippen molar-refractivity contribution in [3.63, 3.8) is 0 Å². The van der Waals surface area contributed by atoms with Crippen molar-refractivity contribution in [2.24, 2.45) is 0 Å². The molecule has 0 atom stereocenters. The van der Waals surface area contributed by atoms with E-state index in [-0.39, 0.29) is 5.91 Å². The molecule has 0 spiro atoms. The van der Waals surface area contributed by atoms with Gasteiger partial charge in [-0.05, 0) is 36.4 Å². The lowest BCUT2D eigenvalue weighted by Gasteiger charge is -2.09. The maximum atomic E-state index is 12.3. The number of nitrogens with zero attached hydrogens (tertiary/aromatic N) is 2. The van der Waals surface area contributed by atoms with Gasteiger partial charge in [0.25, 0.3) is 0 Å². The van der Waals surface area contributed by atoms with Crippen LogP contribution in [0.25, 0.3) is 10.2 Å². The molecule has 2 heterocycles. The third-order valence-corrected chi connectivity index (χ3v) is 6.01. The van der Waals surface area contributed by atoms with E-state index in [0.29, 0.717) is 23.8 Å². The maximum absolute atomic E-state index is 12.3. The third kappa shape index (κ3) is 4.88. The molecule has 0 aliphatic rings. The highest BCUT2D eigenvalue weighted by molar-refractivity contribution is 8.01. The molecule has 0 radical (unpaired) electrons. The van der Waals surface area contributed by atoms with Crippen LogP contribution in [0.3, 0.4) is 0 Å². The van der Waals surface area contributed by atoms with Crippen LogP contribution in [0.5, 0.6) is 5.75 Å². The average Bonchev–Trinajstić information content (AvgIpc) is 3.15. The summed E-state index contributed by atoms with van der Waals surface area (Å²) in [5.41, 5.74) is 2.52. The predicted molar refractivity (Wildman–Crippen MR) is 114 cm³/mol. The van der Waals surface area contributed by atoms with Crippen LogP contribution in [-0.4, -0.2) is 21.6 Å².